The summed E-state index contributed by atoms with van der Waals surface area (Å²) in [6, 6.07) is 7.80. The van der Waals surface area contributed by atoms with Crippen molar-refractivity contribution in [3.05, 3.63) is 29.8 Å². The van der Waals surface area contributed by atoms with Gasteiger partial charge in [0.05, 0.1) is 13.0 Å². The molecule has 0 spiro atoms. The number of hydrogen-bond acceptors (Lipinski definition) is 4. The van der Waals surface area contributed by atoms with E-state index in [2.05, 4.69) is 15.2 Å². The van der Waals surface area contributed by atoms with Crippen LogP contribution in [0.4, 0.5) is 5.95 Å². The molecule has 1 aromatic carbocycles. The second-order valence-electron chi connectivity index (χ2n) is 4.55. The summed E-state index contributed by atoms with van der Waals surface area (Å²) < 4.78 is 0. The van der Waals surface area contributed by atoms with Crippen molar-refractivity contribution in [1.29, 1.82) is 0 Å². The van der Waals surface area contributed by atoms with Gasteiger partial charge >= 0.3 is 0 Å². The van der Waals surface area contributed by atoms with E-state index in [1.165, 1.54) is 4.90 Å². The fourth-order valence-electron chi connectivity index (χ4n) is 1.98. The van der Waals surface area contributed by atoms with Crippen molar-refractivity contribution in [2.75, 3.05) is 11.4 Å². The van der Waals surface area contributed by atoms with E-state index in [1.54, 1.807) is 0 Å². The summed E-state index contributed by atoms with van der Waals surface area (Å²) >= 11 is 0. The molecule has 1 N–H and O–H groups in total. The Morgan fingerprint density at radius 1 is 1.21 bits per heavy atom. The molecule has 1 aromatic heterocycles. The molecule has 0 bridgehead atoms. The lowest BCUT2D eigenvalue weighted by molar-refractivity contribution is -0.121. The van der Waals surface area contributed by atoms with Crippen molar-refractivity contribution in [2.45, 2.75) is 13.3 Å². The maximum Gasteiger partial charge on any atom is 0.252 e. The van der Waals surface area contributed by atoms with E-state index in [-0.39, 0.29) is 30.6 Å². The van der Waals surface area contributed by atoms with E-state index in [0.717, 1.165) is 11.1 Å². The van der Waals surface area contributed by atoms with Gasteiger partial charge in [-0.25, -0.2) is 0 Å². The van der Waals surface area contributed by atoms with Crippen LogP contribution in [0, 0.1) is 6.92 Å². The zero-order valence-electron chi connectivity index (χ0n) is 10.4. The van der Waals surface area contributed by atoms with Crippen molar-refractivity contribution in [1.82, 2.24) is 15.2 Å². The summed E-state index contributed by atoms with van der Waals surface area (Å²) in [5, 5.41) is 6.79. The van der Waals surface area contributed by atoms with Crippen LogP contribution in [0.5, 0.6) is 0 Å². The number of amides is 1. The third-order valence-corrected chi connectivity index (χ3v) is 3.02. The lowest BCUT2D eigenvalue weighted by atomic mass is 10.1. The van der Waals surface area contributed by atoms with Crippen LogP contribution in [0.2, 0.25) is 0 Å². The molecule has 96 valence electrons. The molecule has 6 nitrogen and oxygen atoms in total. The fourth-order valence-corrected chi connectivity index (χ4v) is 1.98. The number of rotatable bonds is 2. The minimum atomic E-state index is -0.251. The Bertz CT molecular complexity index is 645. The molecule has 0 saturated carbocycles. The molecule has 1 fully saturated rings. The fraction of sp³-hybridized carbons (Fsp3) is 0.231. The molecule has 1 saturated heterocycles. The van der Waals surface area contributed by atoms with Gasteiger partial charge in [-0.15, -0.1) is 5.10 Å². The predicted octanol–water partition coefficient (Wildman–Crippen LogP) is 1.09. The van der Waals surface area contributed by atoms with E-state index in [0.29, 0.717) is 5.82 Å². The number of nitrogens with one attached hydrogen (secondary N) is 1. The van der Waals surface area contributed by atoms with E-state index in [9.17, 15) is 9.59 Å². The SMILES string of the molecule is Cc1ccc(-c2nc(N3CC(=O)CC3=O)n[nH]2)cc1. The number of Topliss-reactive ketones (excluding diaryl/α,β-unsaturated/α-hetero) is 1. The Kier molecular flexibility index (Phi) is 2.63. The molecule has 2 heterocycles. The molecule has 2 aromatic rings. The minimum Gasteiger partial charge on any atom is -0.297 e. The average molecular weight is 256 g/mol. The number of anilines is 1. The smallest absolute Gasteiger partial charge is 0.252 e. The number of carbonyl (C=O) groups is 2. The summed E-state index contributed by atoms with van der Waals surface area (Å²) in [6.45, 7) is 2.06. The van der Waals surface area contributed by atoms with Crippen LogP contribution in [0.3, 0.4) is 0 Å². The molecular weight excluding hydrogens is 244 g/mol. The quantitative estimate of drug-likeness (QED) is 0.816. The van der Waals surface area contributed by atoms with E-state index in [4.69, 9.17) is 0 Å². The summed E-state index contributed by atoms with van der Waals surface area (Å²) in [7, 11) is 0. The Morgan fingerprint density at radius 3 is 2.58 bits per heavy atom. The highest BCUT2D eigenvalue weighted by Gasteiger charge is 2.31. The number of hydrogen-bond donors (Lipinski definition) is 1. The van der Waals surface area contributed by atoms with Crippen molar-refractivity contribution >= 4 is 17.6 Å². The van der Waals surface area contributed by atoms with Gasteiger partial charge in [-0.1, -0.05) is 29.8 Å². The van der Waals surface area contributed by atoms with E-state index in [1.807, 2.05) is 31.2 Å². The molecule has 6 heteroatoms. The zero-order chi connectivity index (χ0) is 13.4. The maximum absolute atomic E-state index is 11.6. The largest absolute Gasteiger partial charge is 0.297 e. The number of ketones is 1. The van der Waals surface area contributed by atoms with Crippen LogP contribution >= 0.6 is 0 Å². The highest BCUT2D eigenvalue weighted by molar-refractivity contribution is 6.14. The van der Waals surface area contributed by atoms with Gasteiger partial charge in [0.2, 0.25) is 5.91 Å². The Balaban J connectivity index is 1.89. The highest BCUT2D eigenvalue weighted by atomic mass is 16.2. The third-order valence-electron chi connectivity index (χ3n) is 3.02. The maximum atomic E-state index is 11.6. The van der Waals surface area contributed by atoms with Crippen LogP contribution in [-0.4, -0.2) is 33.4 Å². The lowest BCUT2D eigenvalue weighted by Gasteiger charge is -2.07. The van der Waals surface area contributed by atoms with Crippen molar-refractivity contribution < 1.29 is 9.59 Å². The van der Waals surface area contributed by atoms with Gasteiger partial charge in [-0.2, -0.15) is 4.98 Å². The van der Waals surface area contributed by atoms with Gasteiger partial charge in [-0.05, 0) is 6.92 Å². The summed E-state index contributed by atoms with van der Waals surface area (Å²) in [5.41, 5.74) is 2.05. The first kappa shape index (κ1) is 11.6. The van der Waals surface area contributed by atoms with Crippen molar-refractivity contribution in [2.24, 2.45) is 0 Å². The van der Waals surface area contributed by atoms with Gasteiger partial charge in [0.1, 0.15) is 0 Å². The normalized spacial score (nSPS) is 15.3. The predicted molar refractivity (Wildman–Crippen MR) is 68.5 cm³/mol. The Morgan fingerprint density at radius 2 is 1.95 bits per heavy atom. The molecule has 3 rings (SSSR count). The number of aromatic amines is 1. The number of aryl methyl sites for hydroxylation is 1. The average Bonchev–Trinajstić information content (AvgIpc) is 2.97. The van der Waals surface area contributed by atoms with Crippen LogP contribution < -0.4 is 4.90 Å². The number of benzene rings is 1. The van der Waals surface area contributed by atoms with Crippen LogP contribution in [0.15, 0.2) is 24.3 Å². The minimum absolute atomic E-state index is 0.0595. The topological polar surface area (TPSA) is 79.0 Å². The molecule has 0 aliphatic carbocycles. The Hall–Kier alpha value is -2.50. The second-order valence-corrected chi connectivity index (χ2v) is 4.55. The molecule has 0 radical (unpaired) electrons. The summed E-state index contributed by atoms with van der Waals surface area (Å²) in [4.78, 5) is 28.4. The van der Waals surface area contributed by atoms with Crippen LogP contribution in [-0.2, 0) is 9.59 Å². The molecule has 19 heavy (non-hydrogen) atoms. The Labute approximate surface area is 109 Å². The van der Waals surface area contributed by atoms with Gasteiger partial charge < -0.3 is 0 Å². The first-order valence-corrected chi connectivity index (χ1v) is 5.95. The zero-order valence-corrected chi connectivity index (χ0v) is 10.4. The molecule has 0 atom stereocenters. The number of nitrogens with zero attached hydrogens (tertiary/aromatic N) is 3. The van der Waals surface area contributed by atoms with E-state index >= 15 is 0 Å². The number of aromatic nitrogens is 3. The monoisotopic (exact) mass is 256 g/mol. The molecule has 1 aliphatic heterocycles. The highest BCUT2D eigenvalue weighted by Crippen LogP contribution is 2.20. The van der Waals surface area contributed by atoms with E-state index < -0.39 is 0 Å². The molecule has 0 unspecified atom stereocenters. The van der Waals surface area contributed by atoms with Gasteiger partial charge in [0, 0.05) is 5.56 Å². The second kappa shape index (κ2) is 4.31. The summed E-state index contributed by atoms with van der Waals surface area (Å²) in [5.74, 6) is 0.486. The number of H-pyrrole nitrogens is 1. The van der Waals surface area contributed by atoms with Crippen LogP contribution in [0.25, 0.3) is 11.4 Å². The van der Waals surface area contributed by atoms with Crippen molar-refractivity contribution in [3.63, 3.8) is 0 Å². The standard InChI is InChI=1S/C13H12N4O2/c1-8-2-4-9(5-3-8)12-14-13(16-15-12)17-7-10(18)6-11(17)19/h2-5H,6-7H2,1H3,(H,14,15,16). The molecular formula is C13H12N4O2. The first-order chi connectivity index (χ1) is 9.13. The van der Waals surface area contributed by atoms with Gasteiger partial charge in [0.25, 0.3) is 5.95 Å². The first-order valence-electron chi connectivity index (χ1n) is 5.95. The number of carbonyl (C=O) groups excluding carboxylic acids is 2. The third kappa shape index (κ3) is 2.12. The van der Waals surface area contributed by atoms with Gasteiger partial charge in [-0.3, -0.25) is 19.6 Å². The van der Waals surface area contributed by atoms with Crippen LogP contribution in [0.1, 0.15) is 12.0 Å². The van der Waals surface area contributed by atoms with Gasteiger partial charge in [0.15, 0.2) is 11.6 Å². The summed E-state index contributed by atoms with van der Waals surface area (Å²) in [6.07, 6.45) is -0.0611. The molecule has 1 amide bonds. The lowest BCUT2D eigenvalue weighted by Crippen LogP contribution is -2.25. The van der Waals surface area contributed by atoms with Crippen molar-refractivity contribution in [3.8, 4) is 11.4 Å². The molecule has 1 aliphatic rings.